The fourth-order valence-electron chi connectivity index (χ4n) is 6.74. The van der Waals surface area contributed by atoms with Crippen LogP contribution in [0.15, 0.2) is 157 Å². The predicted octanol–water partition coefficient (Wildman–Crippen LogP) is 11.2. The molecular weight excluding hydrogens is 649 g/mol. The predicted molar refractivity (Wildman–Crippen MR) is 204 cm³/mol. The zero-order chi connectivity index (χ0) is 31.9. The van der Waals surface area contributed by atoms with Crippen LogP contribution in [0.1, 0.15) is 17.0 Å². The first-order chi connectivity index (χ1) is 23.8. The van der Waals surface area contributed by atoms with E-state index in [2.05, 4.69) is 169 Å². The molecule has 0 radical (unpaired) electrons. The molecule has 0 amide bonds. The molecule has 2 aliphatic rings. The fourth-order valence-corrected chi connectivity index (χ4v) is 9.18. The van der Waals surface area contributed by atoms with E-state index in [1.54, 1.807) is 0 Å². The first kappa shape index (κ1) is 28.4. The van der Waals surface area contributed by atoms with Gasteiger partial charge in [0, 0.05) is 0 Å². The molecule has 8 bridgehead atoms. The topological polar surface area (TPSA) is 41.0 Å². The van der Waals surface area contributed by atoms with E-state index >= 15 is 0 Å². The number of hydrogen-bond acceptors (Lipinski definition) is 2. The van der Waals surface area contributed by atoms with E-state index in [0.717, 1.165) is 55.9 Å². The van der Waals surface area contributed by atoms with Crippen LogP contribution >= 0.6 is 0 Å². The third-order valence-electron chi connectivity index (χ3n) is 8.91. The molecule has 0 fully saturated rings. The summed E-state index contributed by atoms with van der Waals surface area (Å²) in [5, 5.41) is 0. The van der Waals surface area contributed by atoms with E-state index in [4.69, 9.17) is 9.98 Å². The molecule has 5 heterocycles. The Hall–Kier alpha value is -5.80. The number of benzene rings is 4. The molecule has 0 aliphatic carbocycles. The van der Waals surface area contributed by atoms with E-state index in [0.29, 0.717) is 0 Å². The Kier molecular flexibility index (Phi) is 7.16. The van der Waals surface area contributed by atoms with Crippen molar-refractivity contribution in [1.82, 2.24) is 9.97 Å². The molecule has 0 saturated heterocycles. The minimum atomic E-state index is 0.0369. The molecule has 3 aromatic heterocycles. The Morgan fingerprint density at radius 1 is 0.438 bits per heavy atom. The van der Waals surface area contributed by atoms with Gasteiger partial charge in [0.05, 0.1) is 0 Å². The van der Waals surface area contributed by atoms with Crippen LogP contribution < -0.4 is 0 Å². The Bertz CT molecular complexity index is 2390. The van der Waals surface area contributed by atoms with E-state index in [-0.39, 0.29) is 14.5 Å². The van der Waals surface area contributed by atoms with Crippen LogP contribution in [0.4, 0.5) is 5.69 Å². The average molecular weight is 679 g/mol. The monoisotopic (exact) mass is 679 g/mol. The van der Waals surface area contributed by atoms with E-state index in [9.17, 15) is 0 Å². The Balaban J connectivity index is 1.49. The molecule has 7 aromatic rings. The van der Waals surface area contributed by atoms with Gasteiger partial charge in [0.2, 0.25) is 0 Å². The summed E-state index contributed by atoms with van der Waals surface area (Å²) in [4.78, 5) is 14.3. The zero-order valence-electron chi connectivity index (χ0n) is 26.0. The Morgan fingerprint density at radius 3 is 1.48 bits per heavy atom. The average Bonchev–Trinajstić information content (AvgIpc) is 3.98. The normalized spacial score (nSPS) is 12.0. The van der Waals surface area contributed by atoms with Gasteiger partial charge < -0.3 is 0 Å². The van der Waals surface area contributed by atoms with Gasteiger partial charge in [-0.1, -0.05) is 0 Å². The van der Waals surface area contributed by atoms with Crippen LogP contribution in [0, 0.1) is 0 Å². The van der Waals surface area contributed by atoms with Crippen molar-refractivity contribution >= 4 is 58.1 Å². The number of hydrogen-bond donors (Lipinski definition) is 1. The maximum atomic E-state index is 5.40. The molecular formula is C44H29N3Se. The molecule has 48 heavy (non-hydrogen) atoms. The van der Waals surface area contributed by atoms with Crippen molar-refractivity contribution in [2.24, 2.45) is 4.99 Å². The van der Waals surface area contributed by atoms with Crippen LogP contribution in [0.25, 0.3) is 76.2 Å². The molecule has 0 spiro atoms. The summed E-state index contributed by atoms with van der Waals surface area (Å²) in [6.07, 6.45) is 6.35. The van der Waals surface area contributed by atoms with Crippen molar-refractivity contribution in [1.29, 1.82) is 0 Å². The van der Waals surface area contributed by atoms with Gasteiger partial charge in [0.25, 0.3) is 0 Å². The maximum absolute atomic E-state index is 5.40. The number of aliphatic imine (C=N–C) groups is 1. The third-order valence-corrected chi connectivity index (χ3v) is 11.3. The summed E-state index contributed by atoms with van der Waals surface area (Å²) in [7, 11) is 0. The van der Waals surface area contributed by atoms with Gasteiger partial charge in [-0.15, -0.1) is 0 Å². The summed E-state index contributed by atoms with van der Waals surface area (Å²) in [5.41, 5.74) is 15.2. The molecule has 2 aliphatic heterocycles. The number of nitrogens with zero attached hydrogens (tertiary/aromatic N) is 2. The quantitative estimate of drug-likeness (QED) is 0.185. The van der Waals surface area contributed by atoms with Crippen molar-refractivity contribution in [2.45, 2.75) is 0 Å². The Labute approximate surface area is 285 Å². The van der Waals surface area contributed by atoms with Gasteiger partial charge in [-0.3, -0.25) is 0 Å². The number of nitrogens with one attached hydrogen (secondary N) is 1. The van der Waals surface area contributed by atoms with E-state index < -0.39 is 0 Å². The molecule has 1 N–H and O–H groups in total. The molecule has 4 aromatic carbocycles. The number of aromatic nitrogens is 2. The van der Waals surface area contributed by atoms with E-state index in [1.165, 1.54) is 30.8 Å². The van der Waals surface area contributed by atoms with Crippen molar-refractivity contribution in [3.05, 3.63) is 169 Å². The molecule has 0 atom stereocenters. The minimum absolute atomic E-state index is 0.0369. The molecule has 4 heteroatoms. The zero-order valence-corrected chi connectivity index (χ0v) is 27.7. The van der Waals surface area contributed by atoms with Gasteiger partial charge >= 0.3 is 286 Å². The van der Waals surface area contributed by atoms with Crippen LogP contribution in [-0.2, 0) is 0 Å². The summed E-state index contributed by atoms with van der Waals surface area (Å²) >= 11 is 0.0369. The molecule has 0 unspecified atom stereocenters. The standard InChI is InChI=1S/C44H29N3Se/c1-5-13-29(14-6-1)41-33-27-38(45-28-33)42(30-15-7-2-8-16-30)35-22-24-37(47-35)44(32-19-11-4-12-20-32)40-26-25-39(48-40)43(31-17-9-3-10-18-31)36-23-21-34(41)46-36/h1-28,47H. The van der Waals surface area contributed by atoms with Crippen LogP contribution in [0.5, 0.6) is 0 Å². The summed E-state index contributed by atoms with van der Waals surface area (Å²) < 4.78 is 2.65. The van der Waals surface area contributed by atoms with Crippen LogP contribution in [0.3, 0.4) is 0 Å². The second-order valence-corrected chi connectivity index (χ2v) is 14.1. The van der Waals surface area contributed by atoms with Gasteiger partial charge in [-0.05, 0) is 0 Å². The summed E-state index contributed by atoms with van der Waals surface area (Å²) in [6.45, 7) is 0. The second kappa shape index (κ2) is 12.1. The molecule has 9 rings (SSSR count). The summed E-state index contributed by atoms with van der Waals surface area (Å²) in [5.74, 6) is 0. The Morgan fingerprint density at radius 2 is 0.896 bits per heavy atom. The van der Waals surface area contributed by atoms with Crippen molar-refractivity contribution in [2.75, 3.05) is 0 Å². The number of H-pyrrole nitrogens is 1. The number of rotatable bonds is 4. The van der Waals surface area contributed by atoms with Crippen LogP contribution in [-0.4, -0.2) is 30.7 Å². The number of aromatic amines is 1. The second-order valence-electron chi connectivity index (χ2n) is 11.9. The van der Waals surface area contributed by atoms with Crippen LogP contribution in [0.2, 0.25) is 0 Å². The number of fused-ring (bicyclic) bond motifs is 8. The van der Waals surface area contributed by atoms with E-state index in [1.807, 2.05) is 6.21 Å². The first-order valence-corrected chi connectivity index (χ1v) is 17.8. The van der Waals surface area contributed by atoms with Gasteiger partial charge in [0.1, 0.15) is 0 Å². The SMILES string of the molecule is C1=Cc2nc1c(-c1ccccc1)c1cc(c(-c3ccccc3)c3ccc([nH]3)c(-c3ccccc3)c3ccc([se]3)c2-c2ccccc2)N=C1. The van der Waals surface area contributed by atoms with Gasteiger partial charge in [0.15, 0.2) is 0 Å². The molecule has 3 nitrogen and oxygen atoms in total. The third kappa shape index (κ3) is 5.09. The van der Waals surface area contributed by atoms with Gasteiger partial charge in [-0.2, -0.15) is 0 Å². The fraction of sp³-hybridized carbons (Fsp3) is 0. The molecule has 226 valence electrons. The van der Waals surface area contributed by atoms with Gasteiger partial charge in [-0.25, -0.2) is 0 Å². The summed E-state index contributed by atoms with van der Waals surface area (Å²) in [6, 6.07) is 53.9. The molecule has 0 saturated carbocycles. The van der Waals surface area contributed by atoms with Crippen molar-refractivity contribution in [3.8, 4) is 44.5 Å². The first-order valence-electron chi connectivity index (χ1n) is 16.1. The van der Waals surface area contributed by atoms with Crippen molar-refractivity contribution < 1.29 is 0 Å². The van der Waals surface area contributed by atoms with Crippen molar-refractivity contribution in [3.63, 3.8) is 0 Å².